The van der Waals surface area contributed by atoms with Crippen molar-refractivity contribution in [2.45, 2.75) is 57.7 Å². The topological polar surface area (TPSA) is 184 Å². The summed E-state index contributed by atoms with van der Waals surface area (Å²) in [7, 11) is -4.89. The molecule has 2 aliphatic rings. The summed E-state index contributed by atoms with van der Waals surface area (Å²) in [5, 5.41) is 3.11. The summed E-state index contributed by atoms with van der Waals surface area (Å²) in [5.74, 6) is -1.18. The molecule has 1 aromatic carbocycles. The predicted octanol–water partition coefficient (Wildman–Crippen LogP) is 0.727. The molecular formula is C20H27N5O9S. The van der Waals surface area contributed by atoms with Crippen molar-refractivity contribution in [3.05, 3.63) is 29.8 Å². The van der Waals surface area contributed by atoms with Gasteiger partial charge < -0.3 is 9.64 Å². The Morgan fingerprint density at radius 2 is 1.77 bits per heavy atom. The molecule has 1 aromatic rings. The van der Waals surface area contributed by atoms with Crippen molar-refractivity contribution in [2.24, 2.45) is 0 Å². The van der Waals surface area contributed by atoms with Gasteiger partial charge >= 0.3 is 22.5 Å². The third-order valence-electron chi connectivity index (χ3n) is 5.09. The number of nitrogens with zero attached hydrogens (tertiary/aromatic N) is 2. The van der Waals surface area contributed by atoms with E-state index in [9.17, 15) is 27.6 Å². The number of benzene rings is 1. The smallest absolute Gasteiger partial charge is 0.418 e. The average Bonchev–Trinajstić information content (AvgIpc) is 2.95. The van der Waals surface area contributed by atoms with Crippen LogP contribution >= 0.6 is 0 Å². The number of rotatable bonds is 6. The van der Waals surface area contributed by atoms with Crippen LogP contribution in [0.3, 0.4) is 0 Å². The molecule has 0 aliphatic carbocycles. The molecule has 192 valence electrons. The summed E-state index contributed by atoms with van der Waals surface area (Å²) in [5.41, 5.74) is 5.00. The van der Waals surface area contributed by atoms with E-state index in [0.717, 1.165) is 4.90 Å². The molecule has 2 bridgehead atoms. The lowest BCUT2D eigenvalue weighted by Gasteiger charge is -2.29. The molecule has 2 atom stereocenters. The highest BCUT2D eigenvalue weighted by Crippen LogP contribution is 2.30. The summed E-state index contributed by atoms with van der Waals surface area (Å²) in [6, 6.07) is 4.00. The van der Waals surface area contributed by atoms with Crippen LogP contribution in [0.2, 0.25) is 0 Å². The average molecular weight is 514 g/mol. The molecule has 15 heteroatoms. The van der Waals surface area contributed by atoms with Gasteiger partial charge in [-0.25, -0.2) is 9.59 Å². The Hall–Kier alpha value is -3.43. The number of hydrogen-bond acceptors (Lipinski definition) is 8. The maximum absolute atomic E-state index is 12.5. The number of carbonyl (C=O) groups is 4. The maximum Gasteiger partial charge on any atom is 0.418 e. The van der Waals surface area contributed by atoms with Crippen LogP contribution < -0.4 is 16.2 Å². The molecule has 3 rings (SSSR count). The summed E-state index contributed by atoms with van der Waals surface area (Å²) >= 11 is 0. The summed E-state index contributed by atoms with van der Waals surface area (Å²) in [6.07, 6.45) is -0.217. The first-order chi connectivity index (χ1) is 16.2. The van der Waals surface area contributed by atoms with Crippen molar-refractivity contribution in [3.63, 3.8) is 0 Å². The minimum Gasteiger partial charge on any atom is -0.444 e. The Labute approximate surface area is 201 Å². The Morgan fingerprint density at radius 3 is 2.37 bits per heavy atom. The van der Waals surface area contributed by atoms with Gasteiger partial charge in [0.05, 0.1) is 12.5 Å². The molecule has 35 heavy (non-hydrogen) atoms. The van der Waals surface area contributed by atoms with E-state index in [2.05, 4.69) is 20.5 Å². The number of hydrogen-bond donors (Lipinski definition) is 4. The number of amides is 5. The molecule has 2 aliphatic heterocycles. The van der Waals surface area contributed by atoms with Gasteiger partial charge in [-0.2, -0.15) is 13.5 Å². The fourth-order valence-electron chi connectivity index (χ4n) is 3.68. The third kappa shape index (κ3) is 7.27. The molecule has 5 amide bonds. The zero-order chi connectivity index (χ0) is 26.0. The second-order valence-electron chi connectivity index (χ2n) is 9.05. The number of carbonyl (C=O) groups excluding carboxylic acids is 4. The van der Waals surface area contributed by atoms with Crippen molar-refractivity contribution >= 4 is 40.0 Å². The van der Waals surface area contributed by atoms with E-state index in [1.54, 1.807) is 45.0 Å². The molecule has 4 N–H and O–H groups in total. The van der Waals surface area contributed by atoms with Crippen LogP contribution in [0, 0.1) is 0 Å². The van der Waals surface area contributed by atoms with Crippen LogP contribution in [-0.4, -0.2) is 71.1 Å². The highest BCUT2D eigenvalue weighted by atomic mass is 32.3. The zero-order valence-corrected chi connectivity index (χ0v) is 20.1. The van der Waals surface area contributed by atoms with E-state index in [-0.39, 0.29) is 25.8 Å². The number of fused-ring (bicyclic) bond motifs is 2. The fraction of sp³-hybridized carbons (Fsp3) is 0.500. The highest BCUT2D eigenvalue weighted by molar-refractivity contribution is 7.80. The highest BCUT2D eigenvalue weighted by Gasteiger charge is 2.49. The Balaban J connectivity index is 1.47. The Kier molecular flexibility index (Phi) is 7.52. The molecule has 0 radical (unpaired) electrons. The van der Waals surface area contributed by atoms with Gasteiger partial charge in [0.25, 0.3) is 5.91 Å². The molecule has 0 unspecified atom stereocenters. The largest absolute Gasteiger partial charge is 0.444 e. The normalized spacial score (nSPS) is 19.8. The van der Waals surface area contributed by atoms with Crippen LogP contribution in [0.1, 0.15) is 39.2 Å². The van der Waals surface area contributed by atoms with Gasteiger partial charge in [-0.1, -0.05) is 12.1 Å². The molecule has 0 aromatic heterocycles. The minimum absolute atomic E-state index is 0.0318. The van der Waals surface area contributed by atoms with Crippen LogP contribution in [0.25, 0.3) is 0 Å². The van der Waals surface area contributed by atoms with Crippen molar-refractivity contribution in [2.75, 3.05) is 11.9 Å². The van der Waals surface area contributed by atoms with Gasteiger partial charge in [-0.15, -0.1) is 4.28 Å². The molecule has 2 heterocycles. The van der Waals surface area contributed by atoms with Gasteiger partial charge in [0.2, 0.25) is 5.91 Å². The molecule has 2 saturated heterocycles. The molecule has 14 nitrogen and oxygen atoms in total. The fourth-order valence-corrected chi connectivity index (χ4v) is 4.06. The minimum atomic E-state index is -4.89. The molecule has 0 spiro atoms. The summed E-state index contributed by atoms with van der Waals surface area (Å²) < 4.78 is 40.2. The lowest BCUT2D eigenvalue weighted by Crippen LogP contribution is -2.54. The van der Waals surface area contributed by atoms with Gasteiger partial charge in [-0.05, 0) is 51.3 Å². The lowest BCUT2D eigenvalue weighted by atomic mass is 10.0. The monoisotopic (exact) mass is 513 g/mol. The van der Waals surface area contributed by atoms with Crippen LogP contribution in [0.15, 0.2) is 24.3 Å². The SMILES string of the molecule is CC(C)(C)OC(=O)Nc1ccc(CC(=O)NNC(=O)[C@@H]2CC[C@@H]3CN2C(=O)N3OS(=O)(=O)O)cc1. The molecular weight excluding hydrogens is 486 g/mol. The van der Waals surface area contributed by atoms with E-state index in [1.165, 1.54) is 0 Å². The van der Waals surface area contributed by atoms with Gasteiger partial charge in [0, 0.05) is 12.2 Å². The van der Waals surface area contributed by atoms with E-state index in [0.29, 0.717) is 16.3 Å². The molecule has 0 saturated carbocycles. The number of hydrazine groups is 1. The first kappa shape index (κ1) is 26.2. The molecule has 2 fully saturated rings. The van der Waals surface area contributed by atoms with Crippen LogP contribution in [0.4, 0.5) is 15.3 Å². The number of nitrogens with one attached hydrogen (secondary N) is 3. The summed E-state index contributed by atoms with van der Waals surface area (Å²) in [6.45, 7) is 5.26. The zero-order valence-electron chi connectivity index (χ0n) is 19.3. The first-order valence-electron chi connectivity index (χ1n) is 10.7. The quantitative estimate of drug-likeness (QED) is 0.314. The predicted molar refractivity (Wildman–Crippen MR) is 120 cm³/mol. The lowest BCUT2D eigenvalue weighted by molar-refractivity contribution is -0.131. The van der Waals surface area contributed by atoms with Crippen LogP contribution in [0.5, 0.6) is 0 Å². The number of hydroxylamine groups is 2. The number of anilines is 1. The summed E-state index contributed by atoms with van der Waals surface area (Å²) in [4.78, 5) is 50.0. The standard InChI is InChI=1S/C20H27N5O9S/c1-20(2,3)33-18(28)21-13-6-4-12(5-7-13)10-16(26)22-23-17(27)15-9-8-14-11-24(15)19(29)25(14)34-35(30,31)32/h4-7,14-15H,8-11H2,1-3H3,(H,21,28)(H,22,26)(H,23,27)(H,30,31,32)/t14-,15+/m1/s1. The Morgan fingerprint density at radius 1 is 1.11 bits per heavy atom. The Bertz CT molecular complexity index is 1100. The van der Waals surface area contributed by atoms with Crippen LogP contribution in [-0.2, 0) is 35.4 Å². The van der Waals surface area contributed by atoms with E-state index in [4.69, 9.17) is 9.29 Å². The van der Waals surface area contributed by atoms with Gasteiger partial charge in [-0.3, -0.25) is 30.3 Å². The van der Waals surface area contributed by atoms with Crippen molar-refractivity contribution < 1.29 is 41.2 Å². The van der Waals surface area contributed by atoms with Crippen molar-refractivity contribution in [1.82, 2.24) is 20.8 Å². The maximum atomic E-state index is 12.5. The number of urea groups is 1. The first-order valence-corrected chi connectivity index (χ1v) is 12.0. The van der Waals surface area contributed by atoms with E-state index in [1.807, 2.05) is 0 Å². The van der Waals surface area contributed by atoms with Gasteiger partial charge in [0.1, 0.15) is 11.6 Å². The second kappa shape index (κ2) is 10.1. The van der Waals surface area contributed by atoms with Crippen molar-refractivity contribution in [3.8, 4) is 0 Å². The number of piperidine rings is 1. The van der Waals surface area contributed by atoms with E-state index < -0.39 is 52.0 Å². The van der Waals surface area contributed by atoms with Crippen molar-refractivity contribution in [1.29, 1.82) is 0 Å². The number of ether oxygens (including phenoxy) is 1. The third-order valence-corrected chi connectivity index (χ3v) is 5.44. The van der Waals surface area contributed by atoms with E-state index >= 15 is 0 Å². The van der Waals surface area contributed by atoms with Gasteiger partial charge in [0.15, 0.2) is 0 Å². The second-order valence-corrected chi connectivity index (χ2v) is 10.1.